The molecule has 0 aromatic heterocycles. The molecule has 16 nitrogen and oxygen atoms in total. The lowest BCUT2D eigenvalue weighted by molar-refractivity contribution is 0.128. The summed E-state index contributed by atoms with van der Waals surface area (Å²) in [6.45, 7) is 19.5. The van der Waals surface area contributed by atoms with E-state index in [1.807, 2.05) is 0 Å². The second-order valence-electron chi connectivity index (χ2n) is 33.4. The van der Waals surface area contributed by atoms with Gasteiger partial charge in [0.15, 0.2) is 0 Å². The Morgan fingerprint density at radius 2 is 0.292 bits per heavy atom. The van der Waals surface area contributed by atoms with Gasteiger partial charge in [0, 0.05) is 135 Å². The van der Waals surface area contributed by atoms with Crippen LogP contribution in [0.5, 0.6) is 0 Å². The van der Waals surface area contributed by atoms with Crippen LogP contribution in [-0.4, -0.2) is 186 Å². The summed E-state index contributed by atoms with van der Waals surface area (Å²) >= 11 is 18.1. The Labute approximate surface area is 749 Å². The molecule has 0 amide bonds. The van der Waals surface area contributed by atoms with Crippen LogP contribution in [0.3, 0.4) is 0 Å². The van der Waals surface area contributed by atoms with Crippen LogP contribution in [0.15, 0.2) is 243 Å². The summed E-state index contributed by atoms with van der Waals surface area (Å²) in [5.74, 6) is 9.23. The van der Waals surface area contributed by atoms with Crippen molar-refractivity contribution in [3.05, 3.63) is 243 Å². The summed E-state index contributed by atoms with van der Waals surface area (Å²) in [4.78, 5) is 0. The minimum atomic E-state index is -0.320. The van der Waals surface area contributed by atoms with E-state index in [9.17, 15) is 0 Å². The highest BCUT2D eigenvalue weighted by Crippen LogP contribution is 2.59. The van der Waals surface area contributed by atoms with E-state index in [1.54, 1.807) is 0 Å². The van der Waals surface area contributed by atoms with Crippen molar-refractivity contribution in [3.63, 3.8) is 0 Å². The molecule has 8 aromatic rings. The van der Waals surface area contributed by atoms with E-state index in [2.05, 4.69) is 435 Å². The molecular weight excluding hydrogens is 1630 g/mol. The standard InChI is InChI=1S/C96H128N16S8/c1-9-113-81-69-71(83(115-11-3)87(119-15-7)85(81)117-13-5)95-110-93(69)108-91-67-65(73(97-57-41-25-17-26-42-57)77(101-61-49-33-21-34-50-61)79(103-63-53-37-23-38-54-63)75(67)99-59-45-29-19-30-46-59)89(106-91)105-90-66-68(92(107-90)109-94-70-72(96(111-94)112-95)84(116-12-4)88(120-16-8)86(118-14-6)82(70)114-10-2)76(100-60-47-31-20-32-48-60)80(104-64-55-39-24-40-56-64)78(102-62-51-35-22-36-52-62)74(66)98-58-43-27-18-28-44-58/h17-56,65-112H,9-16H2,1-8H3. The molecule has 0 spiro atoms. The molecular formula is C96H128N16S8. The highest BCUT2D eigenvalue weighted by molar-refractivity contribution is 8.08. The van der Waals surface area contributed by atoms with Crippen LogP contribution in [0.4, 0.5) is 45.5 Å². The summed E-state index contributed by atoms with van der Waals surface area (Å²) in [6.07, 6.45) is -1.42. The van der Waals surface area contributed by atoms with Gasteiger partial charge in [0.2, 0.25) is 0 Å². The highest BCUT2D eigenvalue weighted by atomic mass is 32.2. The van der Waals surface area contributed by atoms with Gasteiger partial charge in [-0.15, -0.1) is 0 Å². The van der Waals surface area contributed by atoms with Crippen molar-refractivity contribution in [3.8, 4) is 0 Å². The lowest BCUT2D eigenvalue weighted by Gasteiger charge is -2.54. The van der Waals surface area contributed by atoms with Gasteiger partial charge in [0.1, 0.15) is 0 Å². The van der Waals surface area contributed by atoms with Gasteiger partial charge in [-0.05, 0) is 143 Å². The molecule has 24 heteroatoms. The van der Waals surface area contributed by atoms with Gasteiger partial charge in [-0.25, -0.2) is 0 Å². The average molecular weight is 1760 g/mol. The number of fused-ring (bicyclic) bond motifs is 20. The van der Waals surface area contributed by atoms with Gasteiger partial charge in [-0.3, -0.25) is 42.5 Å². The number of rotatable bonds is 32. The Kier molecular flexibility index (Phi) is 29.9. The maximum Gasteiger partial charge on any atom is 0.0687 e. The number of hydrogen-bond donors (Lipinski definition) is 16. The fourth-order valence-electron chi connectivity index (χ4n) is 22.8. The second kappa shape index (κ2) is 41.4. The summed E-state index contributed by atoms with van der Waals surface area (Å²) in [5.41, 5.74) is 8.67. The van der Waals surface area contributed by atoms with Gasteiger partial charge in [0.25, 0.3) is 0 Å². The van der Waals surface area contributed by atoms with E-state index in [0.29, 0.717) is 42.0 Å². The molecule has 9 aliphatic rings. The molecule has 4 saturated carbocycles. The number of thioether (sulfide) groups is 8. The number of benzene rings is 8. The summed E-state index contributed by atoms with van der Waals surface area (Å²) in [6, 6.07) is 87.0. The monoisotopic (exact) mass is 1760 g/mol. The molecule has 5 saturated heterocycles. The van der Waals surface area contributed by atoms with Gasteiger partial charge < -0.3 is 42.5 Å². The van der Waals surface area contributed by atoms with Crippen LogP contribution < -0.4 is 85.1 Å². The van der Waals surface area contributed by atoms with Crippen molar-refractivity contribution in [2.75, 3.05) is 88.6 Å². The lowest BCUT2D eigenvalue weighted by Crippen LogP contribution is -2.72. The zero-order chi connectivity index (χ0) is 82.0. The van der Waals surface area contributed by atoms with E-state index in [1.165, 1.54) is 0 Å². The van der Waals surface area contributed by atoms with Gasteiger partial charge >= 0.3 is 0 Å². The van der Waals surface area contributed by atoms with Crippen LogP contribution >= 0.6 is 94.1 Å². The molecule has 32 unspecified atom stereocenters. The lowest BCUT2D eigenvalue weighted by atomic mass is 9.66. The van der Waals surface area contributed by atoms with E-state index in [0.717, 1.165) is 91.5 Å². The Morgan fingerprint density at radius 3 is 0.433 bits per heavy atom. The SMILES string of the molecule is CCSC1C(SCC)C(SCC)C2C3NC(NC4NC(NC5NC(NC6NC(N3)C3C(SCC)C(SCC)C(SCC)C(SCC)C63)C3C(Nc6ccccc6)C(Nc6ccccc6)C(Nc6ccccc6)C(Nc6ccccc6)C53)C3C(Nc5ccccc5)C(Nc5ccccc5)C(Nc5ccccc5)C(Nc5ccccc5)C43)C2C1SCC. The van der Waals surface area contributed by atoms with Gasteiger partial charge in [-0.1, -0.05) is 201 Å². The van der Waals surface area contributed by atoms with Crippen LogP contribution in [0.1, 0.15) is 55.4 Å². The molecule has 16 N–H and O–H groups in total. The van der Waals surface area contributed by atoms with Crippen LogP contribution in [-0.2, 0) is 0 Å². The largest absolute Gasteiger partial charge is 0.380 e. The fraction of sp³-hybridized carbons (Fsp3) is 0.500. The smallest absolute Gasteiger partial charge is 0.0687 e. The first-order chi connectivity index (χ1) is 59.2. The zero-order valence-electron chi connectivity index (χ0n) is 70.5. The number of nitrogens with one attached hydrogen (secondary N) is 16. The Bertz CT molecular complexity index is 4120. The minimum absolute atomic E-state index is 0.0339. The first-order valence-corrected chi connectivity index (χ1v) is 53.1. The van der Waals surface area contributed by atoms with Crippen molar-refractivity contribution >= 4 is 140 Å². The van der Waals surface area contributed by atoms with Crippen molar-refractivity contribution < 1.29 is 0 Å². The summed E-state index contributed by atoms with van der Waals surface area (Å²) in [5, 5.41) is 77.7. The molecule has 9 fully saturated rings. The zero-order valence-corrected chi connectivity index (χ0v) is 77.0. The number of para-hydroxylation sites is 8. The van der Waals surface area contributed by atoms with E-state index in [4.69, 9.17) is 42.5 Å². The van der Waals surface area contributed by atoms with Crippen molar-refractivity contribution in [2.24, 2.45) is 47.3 Å². The third-order valence-electron chi connectivity index (χ3n) is 26.9. The van der Waals surface area contributed by atoms with Gasteiger partial charge in [0.05, 0.1) is 97.7 Å². The number of anilines is 8. The maximum atomic E-state index is 4.90. The summed E-state index contributed by atoms with van der Waals surface area (Å²) < 4.78 is 0. The quantitative estimate of drug-likeness (QED) is 0.0190. The molecule has 5 aliphatic heterocycles. The fourth-order valence-corrected chi connectivity index (χ4v) is 35.7. The first kappa shape index (κ1) is 86.7. The van der Waals surface area contributed by atoms with E-state index >= 15 is 0 Å². The Morgan fingerprint density at radius 1 is 0.167 bits per heavy atom. The first-order valence-electron chi connectivity index (χ1n) is 44.7. The predicted octanol–water partition coefficient (Wildman–Crippen LogP) is 17.2. The minimum Gasteiger partial charge on any atom is -0.380 e. The normalized spacial score (nSPS) is 36.6. The average Bonchev–Trinajstić information content (AvgIpc) is 1.50. The third kappa shape index (κ3) is 18.6. The predicted molar refractivity (Wildman–Crippen MR) is 529 cm³/mol. The van der Waals surface area contributed by atoms with Crippen LogP contribution in [0.25, 0.3) is 0 Å². The molecule has 17 rings (SSSR count). The van der Waals surface area contributed by atoms with Crippen molar-refractivity contribution in [2.45, 2.75) is 195 Å². The Hall–Kier alpha value is -5.36. The second-order valence-corrected chi connectivity index (χ2v) is 45.1. The molecule has 640 valence electrons. The Balaban J connectivity index is 0.929. The molecule has 120 heavy (non-hydrogen) atoms. The van der Waals surface area contributed by atoms with Crippen molar-refractivity contribution in [1.29, 1.82) is 0 Å². The molecule has 0 radical (unpaired) electrons. The summed E-state index contributed by atoms with van der Waals surface area (Å²) in [7, 11) is 0. The number of hydrogen-bond acceptors (Lipinski definition) is 24. The molecule has 32 atom stereocenters. The van der Waals surface area contributed by atoms with Crippen LogP contribution in [0.2, 0.25) is 0 Å². The van der Waals surface area contributed by atoms with E-state index in [-0.39, 0.29) is 145 Å². The molecule has 8 bridgehead atoms. The molecule has 8 aromatic carbocycles. The van der Waals surface area contributed by atoms with Crippen molar-refractivity contribution in [1.82, 2.24) is 42.5 Å². The molecule has 4 aliphatic carbocycles. The topological polar surface area (TPSA) is 192 Å². The third-order valence-corrected chi connectivity index (χ3v) is 38.5. The maximum absolute atomic E-state index is 4.90. The molecule has 5 heterocycles. The van der Waals surface area contributed by atoms with E-state index < -0.39 is 0 Å². The van der Waals surface area contributed by atoms with Gasteiger partial charge in [-0.2, -0.15) is 94.1 Å². The van der Waals surface area contributed by atoms with Crippen LogP contribution in [0, 0.1) is 47.3 Å². The highest BCUT2D eigenvalue weighted by Gasteiger charge is 2.68.